The van der Waals surface area contributed by atoms with E-state index in [1.54, 1.807) is 0 Å². The number of quaternary nitrogens is 1. The summed E-state index contributed by atoms with van der Waals surface area (Å²) in [6.07, 6.45) is 67.1. The number of likely N-dealkylation sites (N-methyl/N-ethyl adjacent to an activating group) is 1. The number of amides is 1. The Morgan fingerprint density at radius 1 is 0.447 bits per heavy atom. The Kier molecular flexibility index (Phi) is 55.6. The van der Waals surface area contributed by atoms with E-state index in [4.69, 9.17) is 13.8 Å². The minimum Gasteiger partial charge on any atom is -0.756 e. The first-order chi connectivity index (χ1) is 36.9. The second-order valence-corrected chi connectivity index (χ2v) is 25.4. The van der Waals surface area contributed by atoms with Crippen molar-refractivity contribution in [1.29, 1.82) is 0 Å². The maximum absolute atomic E-state index is 13.5. The number of unbranched alkanes of at least 4 members (excludes halogenated alkanes) is 43. The number of rotatable bonds is 61. The minimum atomic E-state index is -4.69. The van der Waals surface area contributed by atoms with Gasteiger partial charge in [-0.1, -0.05) is 289 Å². The van der Waals surface area contributed by atoms with Gasteiger partial charge in [0.2, 0.25) is 5.91 Å². The molecule has 9 nitrogen and oxygen atoms in total. The van der Waals surface area contributed by atoms with E-state index < -0.39 is 20.0 Å². The Balaban J connectivity index is 5.14. The van der Waals surface area contributed by atoms with Crippen LogP contribution >= 0.6 is 7.82 Å². The molecule has 0 aromatic heterocycles. The van der Waals surface area contributed by atoms with Gasteiger partial charge in [-0.3, -0.25) is 14.2 Å². The molecule has 0 aliphatic rings. The molecule has 450 valence electrons. The lowest BCUT2D eigenvalue weighted by atomic mass is 10.0. The second-order valence-electron chi connectivity index (χ2n) is 24.0. The van der Waals surface area contributed by atoms with Gasteiger partial charge in [-0.25, -0.2) is 0 Å². The Morgan fingerprint density at radius 2 is 0.763 bits per heavy atom. The fourth-order valence-corrected chi connectivity index (χ4v) is 10.7. The molecule has 3 atom stereocenters. The quantitative estimate of drug-likeness (QED) is 0.0212. The van der Waals surface area contributed by atoms with E-state index >= 15 is 0 Å². The zero-order valence-corrected chi connectivity index (χ0v) is 52.4. The monoisotopic (exact) mass is 1090 g/mol. The molecule has 0 fully saturated rings. The molecule has 0 rings (SSSR count). The van der Waals surface area contributed by atoms with E-state index in [0.29, 0.717) is 17.4 Å². The average Bonchev–Trinajstić information content (AvgIpc) is 3.38. The van der Waals surface area contributed by atoms with Gasteiger partial charge in [0.1, 0.15) is 19.3 Å². The molecule has 0 aromatic carbocycles. The van der Waals surface area contributed by atoms with Gasteiger partial charge in [-0.2, -0.15) is 0 Å². The number of phosphoric acid groups is 1. The van der Waals surface area contributed by atoms with Crippen LogP contribution in [0.3, 0.4) is 0 Å². The number of hydrogen-bond donors (Lipinski definition) is 1. The molecular weight excluding hydrogens is 964 g/mol. The van der Waals surface area contributed by atoms with Crippen LogP contribution in [-0.2, 0) is 27.9 Å². The van der Waals surface area contributed by atoms with Crippen molar-refractivity contribution in [2.45, 2.75) is 348 Å². The Labute approximate surface area is 473 Å². The molecule has 0 radical (unpaired) electrons. The average molecular weight is 1090 g/mol. The van der Waals surface area contributed by atoms with E-state index in [2.05, 4.69) is 38.2 Å². The summed E-state index contributed by atoms with van der Waals surface area (Å²) in [5.74, 6) is -0.522. The molecule has 0 bridgehead atoms. The van der Waals surface area contributed by atoms with E-state index in [9.17, 15) is 19.0 Å². The van der Waals surface area contributed by atoms with Crippen LogP contribution in [0, 0.1) is 0 Å². The molecule has 0 aliphatic carbocycles. The maximum Gasteiger partial charge on any atom is 0.306 e. The topological polar surface area (TPSA) is 114 Å². The van der Waals surface area contributed by atoms with E-state index in [1.165, 1.54) is 244 Å². The van der Waals surface area contributed by atoms with Crippen LogP contribution in [0.5, 0.6) is 0 Å². The molecule has 0 heterocycles. The summed E-state index contributed by atoms with van der Waals surface area (Å²) < 4.78 is 30.4. The molecule has 0 aromatic rings. The first-order valence-electron chi connectivity index (χ1n) is 33.1. The van der Waals surface area contributed by atoms with Gasteiger partial charge in [-0.05, 0) is 57.4 Å². The predicted molar refractivity (Wildman–Crippen MR) is 326 cm³/mol. The Morgan fingerprint density at radius 3 is 1.12 bits per heavy atom. The van der Waals surface area contributed by atoms with Crippen molar-refractivity contribution >= 4 is 19.7 Å². The number of nitrogens with one attached hydrogen (secondary N) is 1. The summed E-state index contributed by atoms with van der Waals surface area (Å²) in [7, 11) is 1.20. The van der Waals surface area contributed by atoms with Crippen molar-refractivity contribution in [3.8, 4) is 0 Å². The normalized spacial score (nSPS) is 13.7. The minimum absolute atomic E-state index is 0.0184. The summed E-state index contributed by atoms with van der Waals surface area (Å²) >= 11 is 0. The van der Waals surface area contributed by atoms with E-state index in [-0.39, 0.29) is 31.5 Å². The van der Waals surface area contributed by atoms with Crippen LogP contribution in [-0.4, -0.2) is 69.4 Å². The molecule has 76 heavy (non-hydrogen) atoms. The van der Waals surface area contributed by atoms with Gasteiger partial charge in [0.15, 0.2) is 0 Å². The highest BCUT2D eigenvalue weighted by Crippen LogP contribution is 2.38. The zero-order chi connectivity index (χ0) is 55.7. The summed E-state index contributed by atoms with van der Waals surface area (Å²) in [6.45, 7) is 6.89. The van der Waals surface area contributed by atoms with Crippen LogP contribution in [0.2, 0.25) is 0 Å². The predicted octanol–water partition coefficient (Wildman–Crippen LogP) is 19.9. The van der Waals surface area contributed by atoms with Gasteiger partial charge >= 0.3 is 5.97 Å². The van der Waals surface area contributed by atoms with Crippen LogP contribution in [0.15, 0.2) is 24.3 Å². The van der Waals surface area contributed by atoms with Gasteiger partial charge in [0, 0.05) is 12.8 Å². The molecule has 0 aliphatic heterocycles. The highest BCUT2D eigenvalue weighted by molar-refractivity contribution is 7.45. The number of esters is 1. The third-order valence-electron chi connectivity index (χ3n) is 15.1. The summed E-state index contributed by atoms with van der Waals surface area (Å²) in [5, 5.41) is 3.04. The SMILES string of the molecule is CCCCCCCC/C=C/CCCCCCCCCCCCCC(=O)OC(/C=C/CCCCCCCCCCCC)C(COP(=O)([O-])OCC[N+](C)(C)C)NC(=O)CCCCCCCCCCCCCCCCCCC. The summed E-state index contributed by atoms with van der Waals surface area (Å²) in [6, 6.07) is -0.882. The van der Waals surface area contributed by atoms with Crippen molar-refractivity contribution in [3.63, 3.8) is 0 Å². The van der Waals surface area contributed by atoms with Crippen LogP contribution in [0.4, 0.5) is 0 Å². The van der Waals surface area contributed by atoms with E-state index in [1.807, 2.05) is 33.3 Å². The molecule has 0 saturated carbocycles. The Bertz CT molecular complexity index is 1350. The first-order valence-corrected chi connectivity index (χ1v) is 34.6. The fourth-order valence-electron chi connectivity index (χ4n) is 9.99. The number of hydrogen-bond acceptors (Lipinski definition) is 7. The lowest BCUT2D eigenvalue weighted by Crippen LogP contribution is -2.47. The van der Waals surface area contributed by atoms with Crippen LogP contribution < -0.4 is 10.2 Å². The van der Waals surface area contributed by atoms with Gasteiger partial charge in [0.05, 0.1) is 33.8 Å². The van der Waals surface area contributed by atoms with Crippen LogP contribution in [0.1, 0.15) is 335 Å². The number of allylic oxidation sites excluding steroid dienone is 3. The number of ether oxygens (including phenoxy) is 1. The Hall–Kier alpha value is -1.51. The smallest absolute Gasteiger partial charge is 0.306 e. The third-order valence-corrected chi connectivity index (χ3v) is 16.1. The van der Waals surface area contributed by atoms with E-state index in [0.717, 1.165) is 57.8 Å². The molecule has 0 saturated heterocycles. The van der Waals surface area contributed by atoms with Crippen molar-refractivity contribution in [2.24, 2.45) is 0 Å². The highest BCUT2D eigenvalue weighted by Gasteiger charge is 2.27. The lowest BCUT2D eigenvalue weighted by Gasteiger charge is -2.30. The van der Waals surface area contributed by atoms with Crippen molar-refractivity contribution < 1.29 is 37.3 Å². The van der Waals surface area contributed by atoms with Gasteiger partial charge in [0.25, 0.3) is 7.82 Å². The number of nitrogens with zero attached hydrogens (tertiary/aromatic N) is 1. The molecule has 3 unspecified atom stereocenters. The second kappa shape index (κ2) is 56.8. The van der Waals surface area contributed by atoms with Crippen molar-refractivity contribution in [3.05, 3.63) is 24.3 Å². The number of carbonyl (C=O) groups is 2. The maximum atomic E-state index is 13.5. The van der Waals surface area contributed by atoms with Crippen molar-refractivity contribution in [1.82, 2.24) is 5.32 Å². The molecule has 0 spiro atoms. The molecular formula is C66H129N2O7P. The standard InChI is InChI=1S/C66H129N2O7P/c1-7-10-13-16-19-22-25-28-30-32-33-34-35-37-39-41-44-47-50-53-56-59-66(70)75-64(57-54-51-48-45-42-27-24-21-18-15-12-9-3)63(62-74-76(71,72)73-61-60-68(4,5)6)67-65(69)58-55-52-49-46-43-40-38-36-31-29-26-23-20-17-14-11-8-2/h28,30,54,57,63-64H,7-27,29,31-53,55-56,58-62H2,1-6H3,(H-,67,69,71,72)/b30-28+,57-54+. The first kappa shape index (κ1) is 74.5. The van der Waals surface area contributed by atoms with Crippen LogP contribution in [0.25, 0.3) is 0 Å². The molecule has 1 N–H and O–H groups in total. The highest BCUT2D eigenvalue weighted by atomic mass is 31.2. The van der Waals surface area contributed by atoms with Gasteiger partial charge < -0.3 is 28.5 Å². The lowest BCUT2D eigenvalue weighted by molar-refractivity contribution is -0.870. The third kappa shape index (κ3) is 57.2. The summed E-state index contributed by atoms with van der Waals surface area (Å²) in [5.41, 5.74) is 0. The molecule has 10 heteroatoms. The fraction of sp³-hybridized carbons (Fsp3) is 0.909. The number of carbonyl (C=O) groups excluding carboxylic acids is 2. The molecule has 1 amide bonds. The largest absolute Gasteiger partial charge is 0.756 e. The van der Waals surface area contributed by atoms with Gasteiger partial charge in [-0.15, -0.1) is 0 Å². The number of phosphoric ester groups is 1. The van der Waals surface area contributed by atoms with Crippen molar-refractivity contribution in [2.75, 3.05) is 40.9 Å². The summed E-state index contributed by atoms with van der Waals surface area (Å²) in [4.78, 5) is 40.1. The zero-order valence-electron chi connectivity index (χ0n) is 51.5.